The summed E-state index contributed by atoms with van der Waals surface area (Å²) in [6, 6.07) is 22.1. The maximum absolute atomic E-state index is 12.9. The number of benzene rings is 3. The number of amides is 1. The van der Waals surface area contributed by atoms with Crippen LogP contribution in [0.4, 0.5) is 5.69 Å². The minimum Gasteiger partial charge on any atom is -0.493 e. The van der Waals surface area contributed by atoms with Crippen LogP contribution < -0.4 is 14.8 Å². The molecule has 0 heterocycles. The molecule has 0 aromatic heterocycles. The van der Waals surface area contributed by atoms with E-state index in [-0.39, 0.29) is 35.2 Å². The molecule has 0 fully saturated rings. The molecular weight excluding hydrogens is 384 g/mol. The van der Waals surface area contributed by atoms with Gasteiger partial charge in [-0.25, -0.2) is 0 Å². The van der Waals surface area contributed by atoms with E-state index < -0.39 is 10.8 Å². The monoisotopic (exact) mass is 406 g/mol. The number of carbonyl (C=O) groups excluding carboxylic acids is 1. The van der Waals surface area contributed by atoms with E-state index in [2.05, 4.69) is 5.32 Å². The molecule has 30 heavy (non-hydrogen) atoms. The molecule has 0 bridgehead atoms. The Kier molecular flexibility index (Phi) is 6.64. The number of rotatable bonds is 8. The maximum atomic E-state index is 12.9. The summed E-state index contributed by atoms with van der Waals surface area (Å²) in [6.45, 7) is 0.276. The highest BCUT2D eigenvalue weighted by Crippen LogP contribution is 2.34. The second kappa shape index (κ2) is 9.56. The first-order chi connectivity index (χ1) is 14.5. The average Bonchev–Trinajstić information content (AvgIpc) is 2.79. The minimum absolute atomic E-state index is 0.0856. The van der Waals surface area contributed by atoms with E-state index in [4.69, 9.17) is 9.47 Å². The number of hydrogen-bond acceptors (Lipinski definition) is 5. The lowest BCUT2D eigenvalue weighted by Crippen LogP contribution is -2.29. The zero-order chi connectivity index (χ0) is 21.5. The lowest BCUT2D eigenvalue weighted by Gasteiger charge is -2.19. The van der Waals surface area contributed by atoms with Gasteiger partial charge in [-0.05, 0) is 11.1 Å². The average molecular weight is 406 g/mol. The van der Waals surface area contributed by atoms with Crippen LogP contribution in [0.2, 0.25) is 0 Å². The molecule has 0 saturated carbocycles. The zero-order valence-electron chi connectivity index (χ0n) is 16.7. The van der Waals surface area contributed by atoms with Crippen LogP contribution in [0.3, 0.4) is 0 Å². The molecule has 1 N–H and O–H groups in total. The Hall–Kier alpha value is -3.87. The molecule has 0 spiro atoms. The topological polar surface area (TPSA) is 90.7 Å². The summed E-state index contributed by atoms with van der Waals surface area (Å²) in [4.78, 5) is 23.8. The third-order valence-electron chi connectivity index (χ3n) is 4.81. The molecule has 0 aliphatic carbocycles. The lowest BCUT2D eigenvalue weighted by atomic mass is 9.91. The summed E-state index contributed by atoms with van der Waals surface area (Å²) >= 11 is 0. The van der Waals surface area contributed by atoms with Crippen molar-refractivity contribution in [3.63, 3.8) is 0 Å². The Bertz CT molecular complexity index is 983. The zero-order valence-corrected chi connectivity index (χ0v) is 16.7. The van der Waals surface area contributed by atoms with Crippen molar-refractivity contribution in [1.82, 2.24) is 5.32 Å². The van der Waals surface area contributed by atoms with Crippen LogP contribution >= 0.6 is 0 Å². The molecule has 0 aliphatic rings. The van der Waals surface area contributed by atoms with Gasteiger partial charge in [-0.3, -0.25) is 14.9 Å². The van der Waals surface area contributed by atoms with Crippen LogP contribution in [-0.2, 0) is 0 Å². The van der Waals surface area contributed by atoms with Gasteiger partial charge in [0.25, 0.3) is 11.6 Å². The van der Waals surface area contributed by atoms with Crippen LogP contribution in [-0.4, -0.2) is 31.6 Å². The molecule has 154 valence electrons. The third kappa shape index (κ3) is 4.57. The predicted octanol–water partition coefficient (Wildman–Crippen LogP) is 4.17. The number of carbonyl (C=O) groups is 1. The molecule has 0 saturated heterocycles. The molecule has 7 heteroatoms. The SMILES string of the molecule is COc1cc(C(=O)NCC(c2ccccc2)c2ccccc2)c([N+](=O)[O-])cc1OC. The fourth-order valence-electron chi connectivity index (χ4n) is 3.29. The van der Waals surface area contributed by atoms with Crippen molar-refractivity contribution in [2.24, 2.45) is 0 Å². The standard InChI is InChI=1S/C23H22N2O5/c1-29-21-13-18(20(25(27)28)14-22(21)30-2)23(26)24-15-19(16-9-5-3-6-10-16)17-11-7-4-8-12-17/h3-14,19H,15H2,1-2H3,(H,24,26). The number of ether oxygens (including phenoxy) is 2. The molecule has 0 unspecified atom stereocenters. The second-order valence-electron chi connectivity index (χ2n) is 6.57. The largest absolute Gasteiger partial charge is 0.493 e. The summed E-state index contributed by atoms with van der Waals surface area (Å²) in [6.07, 6.45) is 0. The Morgan fingerprint density at radius 2 is 1.43 bits per heavy atom. The van der Waals surface area contributed by atoms with E-state index >= 15 is 0 Å². The molecule has 3 aromatic rings. The first-order valence-electron chi connectivity index (χ1n) is 9.33. The number of nitro groups is 1. The smallest absolute Gasteiger partial charge is 0.286 e. The van der Waals surface area contributed by atoms with Crippen molar-refractivity contribution >= 4 is 11.6 Å². The van der Waals surface area contributed by atoms with Crippen molar-refractivity contribution in [3.8, 4) is 11.5 Å². The summed E-state index contributed by atoms with van der Waals surface area (Å²) < 4.78 is 10.3. The van der Waals surface area contributed by atoms with Gasteiger partial charge in [0.15, 0.2) is 11.5 Å². The van der Waals surface area contributed by atoms with Gasteiger partial charge in [0.05, 0.1) is 25.2 Å². The van der Waals surface area contributed by atoms with Gasteiger partial charge in [-0.15, -0.1) is 0 Å². The highest BCUT2D eigenvalue weighted by molar-refractivity contribution is 5.99. The Morgan fingerprint density at radius 1 is 0.933 bits per heavy atom. The quantitative estimate of drug-likeness (QED) is 0.448. The van der Waals surface area contributed by atoms with E-state index in [0.29, 0.717) is 0 Å². The van der Waals surface area contributed by atoms with Crippen molar-refractivity contribution in [2.75, 3.05) is 20.8 Å². The van der Waals surface area contributed by atoms with Crippen molar-refractivity contribution in [1.29, 1.82) is 0 Å². The Labute approximate surface area is 174 Å². The van der Waals surface area contributed by atoms with E-state index in [1.165, 1.54) is 26.4 Å². The summed E-state index contributed by atoms with van der Waals surface area (Å²) in [5.74, 6) is -0.224. The van der Waals surface area contributed by atoms with Crippen LogP contribution in [0, 0.1) is 10.1 Å². The number of hydrogen-bond donors (Lipinski definition) is 1. The van der Waals surface area contributed by atoms with Crippen LogP contribution in [0.15, 0.2) is 72.8 Å². The van der Waals surface area contributed by atoms with E-state index in [0.717, 1.165) is 11.1 Å². The normalized spacial score (nSPS) is 10.5. The van der Waals surface area contributed by atoms with Gasteiger partial charge >= 0.3 is 0 Å². The fraction of sp³-hybridized carbons (Fsp3) is 0.174. The highest BCUT2D eigenvalue weighted by Gasteiger charge is 2.25. The molecule has 0 aliphatic heterocycles. The van der Waals surface area contributed by atoms with E-state index in [1.807, 2.05) is 60.7 Å². The number of nitrogens with one attached hydrogen (secondary N) is 1. The molecule has 0 radical (unpaired) electrons. The third-order valence-corrected chi connectivity index (χ3v) is 4.81. The molecule has 1 amide bonds. The first-order valence-corrected chi connectivity index (χ1v) is 9.33. The van der Waals surface area contributed by atoms with Gasteiger partial charge in [-0.2, -0.15) is 0 Å². The molecule has 7 nitrogen and oxygen atoms in total. The van der Waals surface area contributed by atoms with Gasteiger partial charge in [0.2, 0.25) is 0 Å². The van der Waals surface area contributed by atoms with Crippen LogP contribution in [0.1, 0.15) is 27.4 Å². The summed E-state index contributed by atoms with van der Waals surface area (Å²) in [7, 11) is 2.79. The first kappa shape index (κ1) is 20.9. The Morgan fingerprint density at radius 3 is 1.90 bits per heavy atom. The van der Waals surface area contributed by atoms with Crippen molar-refractivity contribution < 1.29 is 19.2 Å². The lowest BCUT2D eigenvalue weighted by molar-refractivity contribution is -0.385. The summed E-state index contributed by atoms with van der Waals surface area (Å²) in [5, 5.41) is 14.3. The molecule has 3 aromatic carbocycles. The Balaban J connectivity index is 1.90. The number of nitro benzene ring substituents is 1. The van der Waals surface area contributed by atoms with Gasteiger partial charge < -0.3 is 14.8 Å². The second-order valence-corrected chi connectivity index (χ2v) is 6.57. The maximum Gasteiger partial charge on any atom is 0.286 e. The van der Waals surface area contributed by atoms with Crippen molar-refractivity contribution in [3.05, 3.63) is 99.6 Å². The van der Waals surface area contributed by atoms with Crippen LogP contribution in [0.5, 0.6) is 11.5 Å². The van der Waals surface area contributed by atoms with Gasteiger partial charge in [-0.1, -0.05) is 60.7 Å². The summed E-state index contributed by atoms with van der Waals surface area (Å²) in [5.41, 5.74) is 1.63. The van der Waals surface area contributed by atoms with Gasteiger partial charge in [0.1, 0.15) is 5.56 Å². The minimum atomic E-state index is -0.608. The molecule has 3 rings (SSSR count). The van der Waals surface area contributed by atoms with E-state index in [9.17, 15) is 14.9 Å². The number of methoxy groups -OCH3 is 2. The predicted molar refractivity (Wildman–Crippen MR) is 113 cm³/mol. The molecular formula is C23H22N2O5. The highest BCUT2D eigenvalue weighted by atomic mass is 16.6. The number of nitrogens with zero attached hydrogens (tertiary/aromatic N) is 1. The molecule has 0 atom stereocenters. The van der Waals surface area contributed by atoms with E-state index in [1.54, 1.807) is 0 Å². The van der Waals surface area contributed by atoms with Crippen LogP contribution in [0.25, 0.3) is 0 Å². The van der Waals surface area contributed by atoms with Crippen molar-refractivity contribution in [2.45, 2.75) is 5.92 Å². The van der Waals surface area contributed by atoms with Gasteiger partial charge in [0, 0.05) is 18.5 Å². The fourth-order valence-corrected chi connectivity index (χ4v) is 3.29.